The summed E-state index contributed by atoms with van der Waals surface area (Å²) in [5.74, 6) is 0.433. The van der Waals surface area contributed by atoms with Gasteiger partial charge in [-0.3, -0.25) is 9.59 Å². The molecule has 0 heterocycles. The number of carbonyl (C=O) groups excluding carboxylic acids is 2. The lowest BCUT2D eigenvalue weighted by Crippen LogP contribution is -2.13. The molecule has 0 unspecified atom stereocenters. The van der Waals surface area contributed by atoms with E-state index in [4.69, 9.17) is 4.74 Å². The topological polar surface area (TPSA) is 43.4 Å². The second-order valence-electron chi connectivity index (χ2n) is 5.11. The van der Waals surface area contributed by atoms with Crippen LogP contribution in [-0.4, -0.2) is 18.2 Å². The molecule has 0 aromatic heterocycles. The van der Waals surface area contributed by atoms with Crippen molar-refractivity contribution in [3.63, 3.8) is 0 Å². The highest BCUT2D eigenvalue weighted by Gasteiger charge is 2.10. The van der Waals surface area contributed by atoms with Crippen LogP contribution in [0, 0.1) is 13.8 Å². The van der Waals surface area contributed by atoms with Crippen LogP contribution in [0.1, 0.15) is 38.8 Å². The van der Waals surface area contributed by atoms with E-state index in [0.29, 0.717) is 16.9 Å². The van der Waals surface area contributed by atoms with E-state index in [1.807, 2.05) is 32.0 Å². The van der Waals surface area contributed by atoms with Gasteiger partial charge in [-0.1, -0.05) is 35.9 Å². The van der Waals surface area contributed by atoms with Crippen LogP contribution in [0.25, 0.3) is 0 Å². The third kappa shape index (κ3) is 3.78. The van der Waals surface area contributed by atoms with Crippen molar-refractivity contribution in [2.24, 2.45) is 0 Å². The molecule has 3 heteroatoms. The lowest BCUT2D eigenvalue weighted by Gasteiger charge is -2.09. The molecule has 0 aliphatic carbocycles. The minimum atomic E-state index is -0.0688. The highest BCUT2D eigenvalue weighted by molar-refractivity contribution is 5.98. The molecule has 2 aromatic rings. The van der Waals surface area contributed by atoms with Crippen LogP contribution in [0.4, 0.5) is 0 Å². The standard InChI is InChI=1S/C18H18O3/c1-12-7-8-17(13(2)9-12)18(20)11-21-16-6-4-5-15(10-16)14(3)19/h4-10H,11H2,1-3H3. The summed E-state index contributed by atoms with van der Waals surface area (Å²) in [6.07, 6.45) is 0. The van der Waals surface area contributed by atoms with Gasteiger partial charge in [-0.15, -0.1) is 0 Å². The van der Waals surface area contributed by atoms with Gasteiger partial charge in [-0.2, -0.15) is 0 Å². The first kappa shape index (κ1) is 15.0. The molecule has 0 radical (unpaired) electrons. The van der Waals surface area contributed by atoms with Gasteiger partial charge in [-0.25, -0.2) is 0 Å². The Morgan fingerprint density at radius 3 is 2.48 bits per heavy atom. The molecule has 21 heavy (non-hydrogen) atoms. The van der Waals surface area contributed by atoms with Crippen LogP contribution in [-0.2, 0) is 0 Å². The van der Waals surface area contributed by atoms with Gasteiger partial charge in [0.05, 0.1) is 0 Å². The molecule has 3 nitrogen and oxygen atoms in total. The van der Waals surface area contributed by atoms with Crippen molar-refractivity contribution in [1.82, 2.24) is 0 Å². The molecule has 2 aromatic carbocycles. The molecule has 0 bridgehead atoms. The van der Waals surface area contributed by atoms with E-state index in [0.717, 1.165) is 11.1 Å². The van der Waals surface area contributed by atoms with Gasteiger partial charge in [0, 0.05) is 11.1 Å². The zero-order valence-corrected chi connectivity index (χ0v) is 12.5. The maximum atomic E-state index is 12.2. The van der Waals surface area contributed by atoms with E-state index in [1.165, 1.54) is 6.92 Å². The average Bonchev–Trinajstić information content (AvgIpc) is 2.45. The van der Waals surface area contributed by atoms with E-state index < -0.39 is 0 Å². The Kier molecular flexibility index (Phi) is 4.53. The number of rotatable bonds is 5. The van der Waals surface area contributed by atoms with E-state index in [9.17, 15) is 9.59 Å². The maximum Gasteiger partial charge on any atom is 0.200 e. The molecule has 0 amide bonds. The summed E-state index contributed by atoms with van der Waals surface area (Å²) in [6, 6.07) is 12.6. The normalized spacial score (nSPS) is 10.2. The minimum Gasteiger partial charge on any atom is -0.485 e. The Bertz CT molecular complexity index is 687. The summed E-state index contributed by atoms with van der Waals surface area (Å²) < 4.78 is 5.50. The fourth-order valence-corrected chi connectivity index (χ4v) is 2.16. The quantitative estimate of drug-likeness (QED) is 0.784. The van der Waals surface area contributed by atoms with Gasteiger partial charge in [0.2, 0.25) is 0 Å². The van der Waals surface area contributed by atoms with Gasteiger partial charge >= 0.3 is 0 Å². The van der Waals surface area contributed by atoms with Crippen LogP contribution in [0.3, 0.4) is 0 Å². The summed E-state index contributed by atoms with van der Waals surface area (Å²) in [4.78, 5) is 23.5. The Morgan fingerprint density at radius 1 is 1.05 bits per heavy atom. The first-order valence-electron chi connectivity index (χ1n) is 6.81. The van der Waals surface area contributed by atoms with Crippen molar-refractivity contribution >= 4 is 11.6 Å². The van der Waals surface area contributed by atoms with E-state index in [1.54, 1.807) is 24.3 Å². The minimum absolute atomic E-state index is 0.0267. The third-order valence-electron chi connectivity index (χ3n) is 3.29. The number of ketones is 2. The molecule has 0 saturated heterocycles. The number of carbonyl (C=O) groups is 2. The Hall–Kier alpha value is -2.42. The summed E-state index contributed by atoms with van der Waals surface area (Å²) in [5.41, 5.74) is 3.31. The van der Waals surface area contributed by atoms with Crippen LogP contribution in [0.2, 0.25) is 0 Å². The first-order valence-corrected chi connectivity index (χ1v) is 6.81. The molecule has 0 fully saturated rings. The van der Waals surface area contributed by atoms with E-state index in [-0.39, 0.29) is 18.2 Å². The van der Waals surface area contributed by atoms with E-state index in [2.05, 4.69) is 0 Å². The SMILES string of the molecule is CC(=O)c1cccc(OCC(=O)c2ccc(C)cc2C)c1. The average molecular weight is 282 g/mol. The fourth-order valence-electron chi connectivity index (χ4n) is 2.16. The molecule has 0 saturated carbocycles. The number of benzene rings is 2. The lowest BCUT2D eigenvalue weighted by molar-refractivity contribution is 0.0921. The molecular weight excluding hydrogens is 264 g/mol. The van der Waals surface area contributed by atoms with Crippen LogP contribution < -0.4 is 4.74 Å². The van der Waals surface area contributed by atoms with Crippen molar-refractivity contribution in [1.29, 1.82) is 0 Å². The summed E-state index contributed by atoms with van der Waals surface area (Å²) >= 11 is 0. The van der Waals surface area contributed by atoms with Crippen molar-refractivity contribution in [2.75, 3.05) is 6.61 Å². The second-order valence-corrected chi connectivity index (χ2v) is 5.11. The van der Waals surface area contributed by atoms with Gasteiger partial charge in [0.1, 0.15) is 5.75 Å². The van der Waals surface area contributed by atoms with Crippen LogP contribution >= 0.6 is 0 Å². The highest BCUT2D eigenvalue weighted by atomic mass is 16.5. The zero-order chi connectivity index (χ0) is 15.4. The van der Waals surface area contributed by atoms with Gasteiger partial charge < -0.3 is 4.74 Å². The van der Waals surface area contributed by atoms with Crippen LogP contribution in [0.5, 0.6) is 5.75 Å². The summed E-state index contributed by atoms with van der Waals surface area (Å²) in [5, 5.41) is 0. The predicted molar refractivity (Wildman–Crippen MR) is 82.2 cm³/mol. The number of hydrogen-bond donors (Lipinski definition) is 0. The molecule has 2 rings (SSSR count). The zero-order valence-electron chi connectivity index (χ0n) is 12.5. The second kappa shape index (κ2) is 6.35. The highest BCUT2D eigenvalue weighted by Crippen LogP contribution is 2.16. The molecular formula is C18H18O3. The summed E-state index contributed by atoms with van der Waals surface area (Å²) in [7, 11) is 0. The Labute approximate surface area is 124 Å². The molecule has 0 aliphatic rings. The van der Waals surface area contributed by atoms with Crippen molar-refractivity contribution < 1.29 is 14.3 Å². The summed E-state index contributed by atoms with van der Waals surface area (Å²) in [6.45, 7) is 5.37. The number of aryl methyl sites for hydroxylation is 2. The number of hydrogen-bond acceptors (Lipinski definition) is 3. The Morgan fingerprint density at radius 2 is 1.81 bits per heavy atom. The lowest BCUT2D eigenvalue weighted by atomic mass is 10.0. The molecule has 0 aliphatic heterocycles. The van der Waals surface area contributed by atoms with Crippen molar-refractivity contribution in [2.45, 2.75) is 20.8 Å². The Balaban J connectivity index is 2.07. The fraction of sp³-hybridized carbons (Fsp3) is 0.222. The number of Topliss-reactive ketones (excluding diaryl/α,β-unsaturated/α-hetero) is 2. The number of ether oxygens (including phenoxy) is 1. The van der Waals surface area contributed by atoms with Gasteiger partial charge in [0.25, 0.3) is 0 Å². The molecule has 0 N–H and O–H groups in total. The first-order chi connectivity index (χ1) is 9.97. The van der Waals surface area contributed by atoms with E-state index >= 15 is 0 Å². The van der Waals surface area contributed by atoms with Gasteiger partial charge in [0.15, 0.2) is 18.2 Å². The van der Waals surface area contributed by atoms with Crippen LogP contribution in [0.15, 0.2) is 42.5 Å². The predicted octanol–water partition coefficient (Wildman–Crippen LogP) is 3.77. The van der Waals surface area contributed by atoms with Gasteiger partial charge in [-0.05, 0) is 38.5 Å². The van der Waals surface area contributed by atoms with Crippen molar-refractivity contribution in [3.05, 3.63) is 64.7 Å². The molecule has 0 spiro atoms. The molecule has 108 valence electrons. The maximum absolute atomic E-state index is 12.2. The smallest absolute Gasteiger partial charge is 0.200 e. The van der Waals surface area contributed by atoms with Crippen molar-refractivity contribution in [3.8, 4) is 5.75 Å². The monoisotopic (exact) mass is 282 g/mol. The largest absolute Gasteiger partial charge is 0.485 e. The third-order valence-corrected chi connectivity index (χ3v) is 3.29. The molecule has 0 atom stereocenters.